The van der Waals surface area contributed by atoms with Crippen LogP contribution in [-0.2, 0) is 28.7 Å². The Bertz CT molecular complexity index is 489. The summed E-state index contributed by atoms with van der Waals surface area (Å²) in [5, 5.41) is 11.9. The third kappa shape index (κ3) is 6.40. The first-order chi connectivity index (χ1) is 10.6. The zero-order chi connectivity index (χ0) is 17.6. The summed E-state index contributed by atoms with van der Waals surface area (Å²) < 4.78 is 7.68. The second-order valence-electron chi connectivity index (χ2n) is 5.19. The molecule has 0 radical (unpaired) electrons. The highest BCUT2D eigenvalue weighted by Crippen LogP contribution is 2.22. The van der Waals surface area contributed by atoms with Crippen molar-refractivity contribution < 1.29 is 33.8 Å². The van der Waals surface area contributed by atoms with Crippen molar-refractivity contribution in [3.63, 3.8) is 0 Å². The Hall–Kier alpha value is -1.88. The summed E-state index contributed by atoms with van der Waals surface area (Å²) in [7, 11) is 0. The van der Waals surface area contributed by atoms with Crippen LogP contribution in [0.1, 0.15) is 33.1 Å². The zero-order valence-electron chi connectivity index (χ0n) is 12.6. The van der Waals surface area contributed by atoms with Crippen LogP contribution in [0.25, 0.3) is 0 Å². The number of ether oxygens (including phenoxy) is 2. The van der Waals surface area contributed by atoms with Crippen molar-refractivity contribution >= 4 is 30.5 Å². The molecular weight excluding hydrogens is 332 g/mol. The van der Waals surface area contributed by atoms with E-state index < -0.39 is 46.5 Å². The molecule has 1 aliphatic rings. The lowest BCUT2D eigenvalue weighted by atomic mass is 10.1. The van der Waals surface area contributed by atoms with Crippen LogP contribution < -0.4 is 5.32 Å². The molecule has 0 saturated carbocycles. The highest BCUT2D eigenvalue weighted by atomic mass is 32.1. The van der Waals surface area contributed by atoms with Gasteiger partial charge in [-0.3, -0.25) is 14.4 Å². The maximum absolute atomic E-state index is 11.9. The third-order valence-corrected chi connectivity index (χ3v) is 3.34. The molecule has 1 fully saturated rings. The lowest BCUT2D eigenvalue weighted by Crippen LogP contribution is -2.41. The predicted molar refractivity (Wildman–Crippen MR) is 77.8 cm³/mol. The van der Waals surface area contributed by atoms with Gasteiger partial charge in [-0.1, -0.05) is 0 Å². The van der Waals surface area contributed by atoms with E-state index in [0.717, 1.165) is 13.3 Å². The van der Waals surface area contributed by atoms with Gasteiger partial charge in [-0.2, -0.15) is 12.6 Å². The highest BCUT2D eigenvalue weighted by molar-refractivity contribution is 7.82. The lowest BCUT2D eigenvalue weighted by Gasteiger charge is -2.21. The minimum atomic E-state index is -1.63. The maximum atomic E-state index is 11.9. The van der Waals surface area contributed by atoms with E-state index in [2.05, 4.69) is 27.5 Å². The van der Waals surface area contributed by atoms with Crippen LogP contribution >= 0.6 is 12.6 Å². The van der Waals surface area contributed by atoms with Gasteiger partial charge >= 0.3 is 17.9 Å². The van der Waals surface area contributed by atoms with Crippen LogP contribution in [0.15, 0.2) is 0 Å². The molecular formula is C12H18N2O8S. The molecule has 1 heterocycles. The highest BCUT2D eigenvalue weighted by Gasteiger charge is 2.38. The van der Waals surface area contributed by atoms with E-state index in [1.165, 1.54) is 6.92 Å². The molecule has 0 bridgehead atoms. The van der Waals surface area contributed by atoms with Gasteiger partial charge < -0.3 is 14.8 Å². The van der Waals surface area contributed by atoms with Crippen LogP contribution in [-0.4, -0.2) is 46.6 Å². The SMILES string of the molecule is CC(OC(=O)C[C@](C)(S)C(=O)OC(=O)[C@@H]1CCCN1)O[N+](=O)[O-]. The quantitative estimate of drug-likeness (QED) is 0.162. The van der Waals surface area contributed by atoms with Gasteiger partial charge in [0.1, 0.15) is 10.8 Å². The number of hydrogen-bond donors (Lipinski definition) is 2. The number of rotatable bonds is 7. The number of nitrogens with one attached hydrogen (secondary N) is 1. The normalized spacial score (nSPS) is 20.9. The van der Waals surface area contributed by atoms with Crippen molar-refractivity contribution in [1.29, 1.82) is 0 Å². The summed E-state index contributed by atoms with van der Waals surface area (Å²) in [6, 6.07) is -0.552. The first-order valence-corrected chi connectivity index (χ1v) is 7.29. The standard InChI is InChI=1S/C12H18N2O8S/c1-7(22-14(18)19)20-9(15)6-12(2,23)11(17)21-10(16)8-4-3-5-13-8/h7-8,13,23H,3-6H2,1-2H3/t7?,8-,12-/m0/s1. The van der Waals surface area contributed by atoms with E-state index in [1.54, 1.807) is 0 Å². The Morgan fingerprint density at radius 3 is 2.65 bits per heavy atom. The maximum Gasteiger partial charge on any atom is 0.330 e. The molecule has 0 aliphatic carbocycles. The summed E-state index contributed by atoms with van der Waals surface area (Å²) in [4.78, 5) is 49.4. The fourth-order valence-corrected chi connectivity index (χ4v) is 2.06. The number of hydrogen-bond acceptors (Lipinski definition) is 10. The predicted octanol–water partition coefficient (Wildman–Crippen LogP) is -0.0157. The summed E-state index contributed by atoms with van der Waals surface area (Å²) in [6.07, 6.45) is -0.618. The molecule has 0 aromatic carbocycles. The first-order valence-electron chi connectivity index (χ1n) is 6.84. The second-order valence-corrected chi connectivity index (χ2v) is 6.18. The summed E-state index contributed by atoms with van der Waals surface area (Å²) >= 11 is 4.01. The van der Waals surface area contributed by atoms with Crippen molar-refractivity contribution in [2.45, 2.75) is 50.2 Å². The smallest absolute Gasteiger partial charge is 0.330 e. The average Bonchev–Trinajstić information content (AvgIpc) is 2.89. The molecule has 1 unspecified atom stereocenters. The molecule has 0 spiro atoms. The topological polar surface area (TPSA) is 134 Å². The molecule has 130 valence electrons. The van der Waals surface area contributed by atoms with Crippen LogP contribution in [0, 0.1) is 10.1 Å². The molecule has 10 nitrogen and oxygen atoms in total. The first kappa shape index (κ1) is 19.2. The fraction of sp³-hybridized carbons (Fsp3) is 0.750. The van der Waals surface area contributed by atoms with Gasteiger partial charge in [0.2, 0.25) is 6.29 Å². The van der Waals surface area contributed by atoms with Gasteiger partial charge in [0.25, 0.3) is 5.09 Å². The van der Waals surface area contributed by atoms with E-state index >= 15 is 0 Å². The van der Waals surface area contributed by atoms with E-state index in [0.29, 0.717) is 13.0 Å². The molecule has 23 heavy (non-hydrogen) atoms. The molecule has 1 aliphatic heterocycles. The average molecular weight is 350 g/mol. The van der Waals surface area contributed by atoms with Crippen molar-refractivity contribution in [1.82, 2.24) is 5.32 Å². The van der Waals surface area contributed by atoms with Crippen molar-refractivity contribution in [2.24, 2.45) is 0 Å². The van der Waals surface area contributed by atoms with Gasteiger partial charge in [0.05, 0.1) is 6.42 Å². The van der Waals surface area contributed by atoms with Gasteiger partial charge in [0, 0.05) is 0 Å². The van der Waals surface area contributed by atoms with Crippen molar-refractivity contribution in [3.8, 4) is 0 Å². The molecule has 0 aromatic rings. The van der Waals surface area contributed by atoms with Crippen LogP contribution in [0.4, 0.5) is 0 Å². The number of nitrogens with zero attached hydrogens (tertiary/aromatic N) is 1. The lowest BCUT2D eigenvalue weighted by molar-refractivity contribution is -0.777. The fourth-order valence-electron chi connectivity index (χ4n) is 1.88. The molecule has 1 saturated heterocycles. The van der Waals surface area contributed by atoms with Gasteiger partial charge in [-0.05, 0) is 33.2 Å². The van der Waals surface area contributed by atoms with E-state index in [4.69, 9.17) is 4.74 Å². The molecule has 0 amide bonds. The second kappa shape index (κ2) is 8.11. The van der Waals surface area contributed by atoms with E-state index in [-0.39, 0.29) is 0 Å². The Kier molecular flexibility index (Phi) is 6.76. The molecule has 1 N–H and O–H groups in total. The molecule has 0 aromatic heterocycles. The molecule has 3 atom stereocenters. The largest absolute Gasteiger partial charge is 0.435 e. The molecule has 1 rings (SSSR count). The van der Waals surface area contributed by atoms with Crippen molar-refractivity contribution in [2.75, 3.05) is 6.54 Å². The number of carbonyl (C=O) groups excluding carboxylic acids is 3. The monoisotopic (exact) mass is 350 g/mol. The number of esters is 3. The summed E-state index contributed by atoms with van der Waals surface area (Å²) in [5.41, 5.74) is 0. The number of thiol groups is 1. The summed E-state index contributed by atoms with van der Waals surface area (Å²) in [5.74, 6) is -2.69. The summed E-state index contributed by atoms with van der Waals surface area (Å²) in [6.45, 7) is 3.07. The van der Waals surface area contributed by atoms with Gasteiger partial charge in [-0.25, -0.2) is 4.79 Å². The minimum Gasteiger partial charge on any atom is -0.435 e. The van der Waals surface area contributed by atoms with E-state index in [9.17, 15) is 24.5 Å². The minimum absolute atomic E-state index is 0.550. The Morgan fingerprint density at radius 2 is 2.13 bits per heavy atom. The van der Waals surface area contributed by atoms with Crippen LogP contribution in [0.3, 0.4) is 0 Å². The Morgan fingerprint density at radius 1 is 1.48 bits per heavy atom. The van der Waals surface area contributed by atoms with Gasteiger partial charge in [0.15, 0.2) is 0 Å². The third-order valence-electron chi connectivity index (χ3n) is 3.00. The zero-order valence-corrected chi connectivity index (χ0v) is 13.5. The Labute approximate surface area is 137 Å². The Balaban J connectivity index is 2.49. The molecule has 11 heteroatoms. The number of carbonyl (C=O) groups is 3. The van der Waals surface area contributed by atoms with Crippen LogP contribution in [0.5, 0.6) is 0 Å². The van der Waals surface area contributed by atoms with E-state index in [1.807, 2.05) is 0 Å². The van der Waals surface area contributed by atoms with Crippen molar-refractivity contribution in [3.05, 3.63) is 10.1 Å². The van der Waals surface area contributed by atoms with Crippen LogP contribution in [0.2, 0.25) is 0 Å². The van der Waals surface area contributed by atoms with Gasteiger partial charge in [-0.15, -0.1) is 10.1 Å².